The summed E-state index contributed by atoms with van der Waals surface area (Å²) in [5, 5.41) is 6.27. The number of carbonyl (C=O) groups excluding carboxylic acids is 1. The molecule has 20 heavy (non-hydrogen) atoms. The number of rotatable bonds is 7. The SMILES string of the molecule is CCC(CC)NC(=O)C(C)Nc1ccc(OC)c(C)c1. The summed E-state index contributed by atoms with van der Waals surface area (Å²) in [6.07, 6.45) is 1.91. The molecular formula is C16H26N2O2. The van der Waals surface area contributed by atoms with E-state index in [0.717, 1.165) is 29.8 Å². The summed E-state index contributed by atoms with van der Waals surface area (Å²) in [6, 6.07) is 5.81. The standard InChI is InChI=1S/C16H26N2O2/c1-6-13(7-2)18-16(19)12(4)17-14-8-9-15(20-5)11(3)10-14/h8-10,12-13,17H,6-7H2,1-5H3,(H,18,19). The lowest BCUT2D eigenvalue weighted by molar-refractivity contribution is -0.122. The Morgan fingerprint density at radius 2 is 1.95 bits per heavy atom. The van der Waals surface area contributed by atoms with Crippen LogP contribution in [0.25, 0.3) is 0 Å². The van der Waals surface area contributed by atoms with Gasteiger partial charge in [0.05, 0.1) is 7.11 Å². The fourth-order valence-electron chi connectivity index (χ4n) is 2.10. The third kappa shape index (κ3) is 4.44. The minimum atomic E-state index is -0.261. The van der Waals surface area contributed by atoms with Crippen molar-refractivity contribution in [2.75, 3.05) is 12.4 Å². The number of anilines is 1. The fourth-order valence-corrected chi connectivity index (χ4v) is 2.10. The number of benzene rings is 1. The van der Waals surface area contributed by atoms with Crippen molar-refractivity contribution >= 4 is 11.6 Å². The summed E-state index contributed by atoms with van der Waals surface area (Å²) in [4.78, 5) is 12.1. The minimum Gasteiger partial charge on any atom is -0.496 e. The molecule has 1 aromatic rings. The van der Waals surface area contributed by atoms with Crippen molar-refractivity contribution in [2.45, 2.75) is 52.6 Å². The summed E-state index contributed by atoms with van der Waals surface area (Å²) in [5.41, 5.74) is 1.97. The van der Waals surface area contributed by atoms with Crippen molar-refractivity contribution < 1.29 is 9.53 Å². The van der Waals surface area contributed by atoms with Gasteiger partial charge in [-0.2, -0.15) is 0 Å². The zero-order valence-corrected chi connectivity index (χ0v) is 13.1. The smallest absolute Gasteiger partial charge is 0.242 e. The molecule has 0 spiro atoms. The van der Waals surface area contributed by atoms with E-state index < -0.39 is 0 Å². The van der Waals surface area contributed by atoms with E-state index >= 15 is 0 Å². The number of aryl methyl sites for hydroxylation is 1. The van der Waals surface area contributed by atoms with Crippen LogP contribution in [0.5, 0.6) is 5.75 Å². The van der Waals surface area contributed by atoms with Crippen LogP contribution in [-0.2, 0) is 4.79 Å². The topological polar surface area (TPSA) is 50.4 Å². The zero-order chi connectivity index (χ0) is 15.1. The first-order chi connectivity index (χ1) is 9.51. The molecule has 0 radical (unpaired) electrons. The lowest BCUT2D eigenvalue weighted by Gasteiger charge is -2.20. The van der Waals surface area contributed by atoms with Gasteiger partial charge in [-0.3, -0.25) is 4.79 Å². The van der Waals surface area contributed by atoms with Crippen molar-refractivity contribution in [3.8, 4) is 5.75 Å². The van der Waals surface area contributed by atoms with Crippen molar-refractivity contribution in [3.63, 3.8) is 0 Å². The molecule has 0 aliphatic carbocycles. The Bertz CT molecular complexity index is 442. The molecule has 4 nitrogen and oxygen atoms in total. The third-order valence-electron chi connectivity index (χ3n) is 3.50. The van der Waals surface area contributed by atoms with Crippen LogP contribution in [0, 0.1) is 6.92 Å². The van der Waals surface area contributed by atoms with E-state index in [2.05, 4.69) is 24.5 Å². The van der Waals surface area contributed by atoms with Crippen LogP contribution in [0.1, 0.15) is 39.2 Å². The molecule has 1 rings (SSSR count). The van der Waals surface area contributed by atoms with Gasteiger partial charge in [0.25, 0.3) is 0 Å². The van der Waals surface area contributed by atoms with Crippen LogP contribution in [0.3, 0.4) is 0 Å². The summed E-state index contributed by atoms with van der Waals surface area (Å²) in [6.45, 7) is 8.02. The molecule has 4 heteroatoms. The lowest BCUT2D eigenvalue weighted by Crippen LogP contribution is -2.42. The average molecular weight is 278 g/mol. The van der Waals surface area contributed by atoms with Crippen molar-refractivity contribution in [1.29, 1.82) is 0 Å². The highest BCUT2D eigenvalue weighted by molar-refractivity contribution is 5.84. The van der Waals surface area contributed by atoms with Gasteiger partial charge in [-0.1, -0.05) is 13.8 Å². The Kier molecular flexibility index (Phi) is 6.36. The fraction of sp³-hybridized carbons (Fsp3) is 0.562. The minimum absolute atomic E-state index is 0.0344. The van der Waals surface area contributed by atoms with Crippen LogP contribution in [0.15, 0.2) is 18.2 Å². The molecule has 0 heterocycles. The third-order valence-corrected chi connectivity index (χ3v) is 3.50. The first kappa shape index (κ1) is 16.3. The molecule has 0 aliphatic rings. The first-order valence-electron chi connectivity index (χ1n) is 7.23. The Hall–Kier alpha value is -1.71. The monoisotopic (exact) mass is 278 g/mol. The molecule has 2 N–H and O–H groups in total. The molecule has 1 aromatic carbocycles. The van der Waals surface area contributed by atoms with Crippen LogP contribution in [-0.4, -0.2) is 25.1 Å². The highest BCUT2D eigenvalue weighted by Gasteiger charge is 2.15. The highest BCUT2D eigenvalue weighted by Crippen LogP contribution is 2.21. The Morgan fingerprint density at radius 1 is 1.30 bits per heavy atom. The largest absolute Gasteiger partial charge is 0.496 e. The average Bonchev–Trinajstić information content (AvgIpc) is 2.44. The van der Waals surface area contributed by atoms with E-state index in [9.17, 15) is 4.79 Å². The summed E-state index contributed by atoms with van der Waals surface area (Å²) >= 11 is 0. The van der Waals surface area contributed by atoms with E-state index in [1.165, 1.54) is 0 Å². The molecule has 0 aliphatic heterocycles. The number of nitrogens with one attached hydrogen (secondary N) is 2. The van der Waals surface area contributed by atoms with E-state index in [-0.39, 0.29) is 18.0 Å². The molecule has 0 aromatic heterocycles. The number of amides is 1. The normalized spacial score (nSPS) is 12.1. The lowest BCUT2D eigenvalue weighted by atomic mass is 10.1. The number of carbonyl (C=O) groups is 1. The molecular weight excluding hydrogens is 252 g/mol. The van der Waals surface area contributed by atoms with Gasteiger partial charge in [0.2, 0.25) is 5.91 Å². The van der Waals surface area contributed by atoms with Gasteiger partial charge < -0.3 is 15.4 Å². The summed E-state index contributed by atoms with van der Waals surface area (Å²) < 4.78 is 5.23. The number of methoxy groups -OCH3 is 1. The molecule has 0 fully saturated rings. The van der Waals surface area contributed by atoms with Crippen molar-refractivity contribution in [3.05, 3.63) is 23.8 Å². The molecule has 1 atom stereocenters. The van der Waals surface area contributed by atoms with Gasteiger partial charge in [0.15, 0.2) is 0 Å². The van der Waals surface area contributed by atoms with Crippen LogP contribution >= 0.6 is 0 Å². The maximum Gasteiger partial charge on any atom is 0.242 e. The Morgan fingerprint density at radius 3 is 2.45 bits per heavy atom. The van der Waals surface area contributed by atoms with Crippen molar-refractivity contribution in [1.82, 2.24) is 5.32 Å². The molecule has 1 unspecified atom stereocenters. The van der Waals surface area contributed by atoms with Crippen LogP contribution in [0.4, 0.5) is 5.69 Å². The second-order valence-corrected chi connectivity index (χ2v) is 5.07. The van der Waals surface area contributed by atoms with Crippen LogP contribution in [0.2, 0.25) is 0 Å². The van der Waals surface area contributed by atoms with E-state index in [1.54, 1.807) is 7.11 Å². The van der Waals surface area contributed by atoms with Gasteiger partial charge in [0, 0.05) is 11.7 Å². The molecule has 1 amide bonds. The van der Waals surface area contributed by atoms with Gasteiger partial charge in [-0.25, -0.2) is 0 Å². The van der Waals surface area contributed by atoms with E-state index in [4.69, 9.17) is 4.74 Å². The van der Waals surface area contributed by atoms with Gasteiger partial charge in [-0.15, -0.1) is 0 Å². The molecule has 0 saturated carbocycles. The van der Waals surface area contributed by atoms with Crippen LogP contribution < -0.4 is 15.4 Å². The first-order valence-corrected chi connectivity index (χ1v) is 7.23. The second kappa shape index (κ2) is 7.78. The van der Waals surface area contributed by atoms with Crippen molar-refractivity contribution in [2.24, 2.45) is 0 Å². The maximum absolute atomic E-state index is 12.1. The number of ether oxygens (including phenoxy) is 1. The van der Waals surface area contributed by atoms with E-state index in [1.807, 2.05) is 32.0 Å². The Labute approximate surface area is 121 Å². The quantitative estimate of drug-likeness (QED) is 0.805. The van der Waals surface area contributed by atoms with Gasteiger partial charge in [-0.05, 0) is 50.5 Å². The predicted molar refractivity (Wildman–Crippen MR) is 83.3 cm³/mol. The van der Waals surface area contributed by atoms with Gasteiger partial charge in [0.1, 0.15) is 11.8 Å². The number of hydrogen-bond donors (Lipinski definition) is 2. The highest BCUT2D eigenvalue weighted by atomic mass is 16.5. The van der Waals surface area contributed by atoms with E-state index in [0.29, 0.717) is 0 Å². The predicted octanol–water partition coefficient (Wildman–Crippen LogP) is 3.11. The molecule has 0 bridgehead atoms. The molecule has 0 saturated heterocycles. The summed E-state index contributed by atoms with van der Waals surface area (Å²) in [5.74, 6) is 0.886. The number of hydrogen-bond acceptors (Lipinski definition) is 3. The summed E-state index contributed by atoms with van der Waals surface area (Å²) in [7, 11) is 1.65. The van der Waals surface area contributed by atoms with Gasteiger partial charge >= 0.3 is 0 Å². The Balaban J connectivity index is 2.63. The second-order valence-electron chi connectivity index (χ2n) is 5.07. The molecule has 112 valence electrons. The zero-order valence-electron chi connectivity index (χ0n) is 13.1. The maximum atomic E-state index is 12.1.